The molecule has 0 atom stereocenters. The molecule has 0 aliphatic carbocycles. The number of nitrogens with zero attached hydrogens (tertiary/aromatic N) is 2. The molecule has 1 aliphatic rings. The number of fused-ring (bicyclic) bond motifs is 1. The van der Waals surface area contributed by atoms with Crippen LogP contribution in [0.1, 0.15) is 18.7 Å². The molecule has 0 saturated carbocycles. The summed E-state index contributed by atoms with van der Waals surface area (Å²) in [6.45, 7) is 5.31. The van der Waals surface area contributed by atoms with E-state index in [1.165, 1.54) is 18.5 Å². The summed E-state index contributed by atoms with van der Waals surface area (Å²) in [4.78, 5) is 6.73. The third-order valence-electron chi connectivity index (χ3n) is 3.91. The zero-order valence-corrected chi connectivity index (χ0v) is 11.6. The largest absolute Gasteiger partial charge is 0.441 e. The quantitative estimate of drug-likeness (QED) is 0.920. The van der Waals surface area contributed by atoms with Gasteiger partial charge in [-0.1, -0.05) is 0 Å². The predicted octanol–water partition coefficient (Wildman–Crippen LogP) is 2.57. The number of anilines is 1. The molecule has 1 fully saturated rings. The third kappa shape index (κ3) is 2.73. The molecule has 102 valence electrons. The number of nitrogens with one attached hydrogen (secondary N) is 1. The fourth-order valence-corrected chi connectivity index (χ4v) is 2.83. The summed E-state index contributed by atoms with van der Waals surface area (Å²) in [5, 5.41) is 3.41. The first-order valence-corrected chi connectivity index (χ1v) is 7.01. The molecule has 1 aromatic heterocycles. The van der Waals surface area contributed by atoms with Crippen LogP contribution in [0.15, 0.2) is 22.6 Å². The van der Waals surface area contributed by atoms with Crippen molar-refractivity contribution in [3.8, 4) is 0 Å². The maximum atomic E-state index is 5.51. The van der Waals surface area contributed by atoms with Crippen LogP contribution in [-0.2, 0) is 0 Å². The first-order chi connectivity index (χ1) is 9.22. The molecule has 3 rings (SSSR count). The maximum Gasteiger partial charge on any atom is 0.192 e. The third-order valence-corrected chi connectivity index (χ3v) is 3.91. The lowest BCUT2D eigenvalue weighted by atomic mass is 9.97. The van der Waals surface area contributed by atoms with Gasteiger partial charge in [-0.2, -0.15) is 0 Å². The fraction of sp³-hybridized carbons (Fsp3) is 0.533. The van der Waals surface area contributed by atoms with Gasteiger partial charge in [0.1, 0.15) is 5.52 Å². The second kappa shape index (κ2) is 5.21. The average molecular weight is 259 g/mol. The molecule has 1 N–H and O–H groups in total. The normalized spacial score (nSPS) is 16.9. The first-order valence-electron chi connectivity index (χ1n) is 7.01. The predicted molar refractivity (Wildman–Crippen MR) is 77.6 cm³/mol. The van der Waals surface area contributed by atoms with E-state index >= 15 is 0 Å². The lowest BCUT2D eigenvalue weighted by Crippen LogP contribution is -2.34. The highest BCUT2D eigenvalue weighted by Gasteiger charge is 2.15. The van der Waals surface area contributed by atoms with Crippen molar-refractivity contribution in [3.63, 3.8) is 0 Å². The number of hydrogen-bond acceptors (Lipinski definition) is 4. The van der Waals surface area contributed by atoms with Crippen LogP contribution < -0.4 is 10.2 Å². The van der Waals surface area contributed by atoms with Crippen LogP contribution in [0.4, 0.5) is 5.69 Å². The molecule has 0 unspecified atom stereocenters. The Labute approximate surface area is 113 Å². The van der Waals surface area contributed by atoms with Crippen LogP contribution in [0.3, 0.4) is 0 Å². The standard InChI is InChI=1S/C15H21N3O/c1-11-17-14-9-13(3-4-15(14)19-11)18(2)10-12-5-7-16-8-6-12/h3-4,9,12,16H,5-8,10H2,1-2H3. The summed E-state index contributed by atoms with van der Waals surface area (Å²) in [5.41, 5.74) is 3.04. The van der Waals surface area contributed by atoms with Crippen LogP contribution in [-0.4, -0.2) is 31.7 Å². The van der Waals surface area contributed by atoms with E-state index in [2.05, 4.69) is 34.4 Å². The lowest BCUT2D eigenvalue weighted by Gasteiger charge is -2.28. The van der Waals surface area contributed by atoms with E-state index in [4.69, 9.17) is 4.42 Å². The van der Waals surface area contributed by atoms with Crippen molar-refractivity contribution in [2.45, 2.75) is 19.8 Å². The zero-order valence-electron chi connectivity index (χ0n) is 11.6. The minimum Gasteiger partial charge on any atom is -0.441 e. The van der Waals surface area contributed by atoms with Crippen molar-refractivity contribution in [2.24, 2.45) is 5.92 Å². The summed E-state index contributed by atoms with van der Waals surface area (Å²) < 4.78 is 5.51. The average Bonchev–Trinajstić information content (AvgIpc) is 2.78. The molecule has 2 aromatic rings. The minimum absolute atomic E-state index is 0.730. The van der Waals surface area contributed by atoms with E-state index in [0.29, 0.717) is 0 Å². The van der Waals surface area contributed by atoms with Gasteiger partial charge in [-0.3, -0.25) is 0 Å². The second-order valence-corrected chi connectivity index (χ2v) is 5.46. The minimum atomic E-state index is 0.730. The number of piperidine rings is 1. The summed E-state index contributed by atoms with van der Waals surface area (Å²) in [6, 6.07) is 6.25. The molecule has 4 nitrogen and oxygen atoms in total. The molecule has 1 aromatic carbocycles. The number of oxazole rings is 1. The van der Waals surface area contributed by atoms with E-state index in [-0.39, 0.29) is 0 Å². The van der Waals surface area contributed by atoms with Crippen molar-refractivity contribution in [3.05, 3.63) is 24.1 Å². The van der Waals surface area contributed by atoms with Crippen LogP contribution in [0.5, 0.6) is 0 Å². The molecule has 0 amide bonds. The summed E-state index contributed by atoms with van der Waals surface area (Å²) >= 11 is 0. The van der Waals surface area contributed by atoms with Gasteiger partial charge in [0.25, 0.3) is 0 Å². The van der Waals surface area contributed by atoms with Gasteiger partial charge in [-0.05, 0) is 50.0 Å². The first kappa shape index (κ1) is 12.5. The second-order valence-electron chi connectivity index (χ2n) is 5.46. The number of benzene rings is 1. The Hall–Kier alpha value is -1.55. The summed E-state index contributed by atoms with van der Waals surface area (Å²) in [7, 11) is 2.16. The van der Waals surface area contributed by atoms with E-state index in [0.717, 1.165) is 42.5 Å². The van der Waals surface area contributed by atoms with Gasteiger partial charge in [0, 0.05) is 26.2 Å². The number of hydrogen-bond donors (Lipinski definition) is 1. The molecule has 1 aliphatic heterocycles. The molecule has 0 radical (unpaired) electrons. The Kier molecular flexibility index (Phi) is 3.42. The smallest absolute Gasteiger partial charge is 0.192 e. The summed E-state index contributed by atoms with van der Waals surface area (Å²) in [6.07, 6.45) is 2.55. The molecular weight excluding hydrogens is 238 g/mol. The van der Waals surface area contributed by atoms with E-state index < -0.39 is 0 Å². The van der Waals surface area contributed by atoms with Crippen molar-refractivity contribution in [1.29, 1.82) is 0 Å². The SMILES string of the molecule is Cc1nc2cc(N(C)CC3CCNCC3)ccc2o1. The van der Waals surface area contributed by atoms with Gasteiger partial charge in [0.05, 0.1) is 0 Å². The fourth-order valence-electron chi connectivity index (χ4n) is 2.83. The van der Waals surface area contributed by atoms with Crippen LogP contribution in [0.2, 0.25) is 0 Å². The van der Waals surface area contributed by atoms with Crippen molar-refractivity contribution >= 4 is 16.8 Å². The number of rotatable bonds is 3. The monoisotopic (exact) mass is 259 g/mol. The van der Waals surface area contributed by atoms with E-state index in [1.54, 1.807) is 0 Å². The van der Waals surface area contributed by atoms with Gasteiger partial charge < -0.3 is 14.6 Å². The number of aryl methyl sites for hydroxylation is 1. The molecule has 2 heterocycles. The number of aromatic nitrogens is 1. The van der Waals surface area contributed by atoms with Gasteiger partial charge in [-0.25, -0.2) is 4.98 Å². The van der Waals surface area contributed by atoms with Crippen molar-refractivity contribution in [2.75, 3.05) is 31.6 Å². The Balaban J connectivity index is 1.74. The molecule has 4 heteroatoms. The molecule has 19 heavy (non-hydrogen) atoms. The molecule has 1 saturated heterocycles. The lowest BCUT2D eigenvalue weighted by molar-refractivity contribution is 0.378. The zero-order chi connectivity index (χ0) is 13.2. The highest BCUT2D eigenvalue weighted by Crippen LogP contribution is 2.23. The van der Waals surface area contributed by atoms with E-state index in [1.807, 2.05) is 13.0 Å². The Morgan fingerprint density at radius 3 is 2.95 bits per heavy atom. The van der Waals surface area contributed by atoms with E-state index in [9.17, 15) is 0 Å². The highest BCUT2D eigenvalue weighted by molar-refractivity contribution is 5.77. The molecular formula is C15H21N3O. The maximum absolute atomic E-state index is 5.51. The highest BCUT2D eigenvalue weighted by atomic mass is 16.3. The van der Waals surface area contributed by atoms with Crippen LogP contribution in [0, 0.1) is 12.8 Å². The van der Waals surface area contributed by atoms with Crippen molar-refractivity contribution < 1.29 is 4.42 Å². The van der Waals surface area contributed by atoms with Gasteiger partial charge in [0.15, 0.2) is 11.5 Å². The van der Waals surface area contributed by atoms with Gasteiger partial charge >= 0.3 is 0 Å². The van der Waals surface area contributed by atoms with Crippen molar-refractivity contribution in [1.82, 2.24) is 10.3 Å². The van der Waals surface area contributed by atoms with Gasteiger partial charge in [0.2, 0.25) is 0 Å². The molecule has 0 spiro atoms. The Bertz CT molecular complexity index is 558. The Morgan fingerprint density at radius 2 is 2.16 bits per heavy atom. The van der Waals surface area contributed by atoms with Crippen LogP contribution >= 0.6 is 0 Å². The Morgan fingerprint density at radius 1 is 1.37 bits per heavy atom. The molecule has 0 bridgehead atoms. The van der Waals surface area contributed by atoms with Crippen LogP contribution in [0.25, 0.3) is 11.1 Å². The summed E-state index contributed by atoms with van der Waals surface area (Å²) in [5.74, 6) is 1.52. The van der Waals surface area contributed by atoms with Gasteiger partial charge in [-0.15, -0.1) is 0 Å². The topological polar surface area (TPSA) is 41.3 Å².